The first kappa shape index (κ1) is 28.7. The Balaban J connectivity index is 2.18. The van der Waals surface area contributed by atoms with Crippen LogP contribution < -0.4 is 11.4 Å². The quantitative estimate of drug-likeness (QED) is 0.419. The second kappa shape index (κ2) is 9.46. The fourth-order valence-electron chi connectivity index (χ4n) is 3.33. The Kier molecular flexibility index (Phi) is 7.15. The molecule has 1 heterocycles. The number of halogens is 12. The van der Waals surface area contributed by atoms with Gasteiger partial charge >= 0.3 is 36.1 Å². The maximum atomic E-state index is 13.5. The predicted molar refractivity (Wildman–Crippen MR) is 102 cm³/mol. The molecule has 0 spiro atoms. The maximum Gasteiger partial charge on any atom is 0.416 e. The molecule has 0 radical (unpaired) electrons. The van der Waals surface area contributed by atoms with E-state index < -0.39 is 82.6 Å². The third-order valence-electron chi connectivity index (χ3n) is 5.08. The van der Waals surface area contributed by atoms with E-state index in [1.807, 2.05) is 0 Å². The molecule has 0 saturated carbocycles. The van der Waals surface area contributed by atoms with Gasteiger partial charge in [0, 0.05) is 0 Å². The lowest BCUT2D eigenvalue weighted by molar-refractivity contribution is -0.145. The van der Waals surface area contributed by atoms with E-state index in [-0.39, 0.29) is 33.6 Å². The second-order valence-corrected chi connectivity index (χ2v) is 7.62. The van der Waals surface area contributed by atoms with Crippen molar-refractivity contribution in [3.63, 3.8) is 0 Å². The van der Waals surface area contributed by atoms with E-state index in [0.29, 0.717) is 12.1 Å². The van der Waals surface area contributed by atoms with Gasteiger partial charge in [-0.2, -0.15) is 52.7 Å². The highest BCUT2D eigenvalue weighted by Crippen LogP contribution is 2.39. The topological polar surface area (TPSA) is 69.8 Å². The SMILES string of the molecule is O=c1nnc(=O)n(Cc2ccc(C(F)(F)F)cc2C(F)(F)F)n1Cc1ccc(C(F)(F)F)cc1C(F)(F)F. The lowest BCUT2D eigenvalue weighted by Gasteiger charge is -2.20. The second-order valence-electron chi connectivity index (χ2n) is 7.62. The molecule has 18 heteroatoms. The number of alkyl halides is 12. The summed E-state index contributed by atoms with van der Waals surface area (Å²) < 4.78 is 159. The van der Waals surface area contributed by atoms with Gasteiger partial charge in [0.15, 0.2) is 0 Å². The van der Waals surface area contributed by atoms with Crippen LogP contribution in [0.25, 0.3) is 0 Å². The summed E-state index contributed by atoms with van der Waals surface area (Å²) in [5.41, 5.74) is -12.3. The molecular weight excluding hydrogens is 556 g/mol. The fraction of sp³-hybridized carbons (Fsp3) is 0.300. The number of aromatic nitrogens is 4. The van der Waals surface area contributed by atoms with Crippen molar-refractivity contribution >= 4 is 0 Å². The molecule has 0 unspecified atom stereocenters. The summed E-state index contributed by atoms with van der Waals surface area (Å²) in [5, 5.41) is 5.67. The van der Waals surface area contributed by atoms with Crippen molar-refractivity contribution in [2.24, 2.45) is 0 Å². The van der Waals surface area contributed by atoms with Crippen LogP contribution in [0.1, 0.15) is 33.4 Å². The Bertz CT molecular complexity index is 1350. The zero-order valence-electron chi connectivity index (χ0n) is 18.0. The number of benzene rings is 2. The average Bonchev–Trinajstić information content (AvgIpc) is 2.76. The van der Waals surface area contributed by atoms with E-state index in [0.717, 1.165) is 0 Å². The molecule has 0 amide bonds. The first-order valence-corrected chi connectivity index (χ1v) is 9.79. The van der Waals surface area contributed by atoms with Gasteiger partial charge < -0.3 is 0 Å². The predicted octanol–water partition coefficient (Wildman–Crippen LogP) is 4.97. The monoisotopic (exact) mass is 566 g/mol. The van der Waals surface area contributed by atoms with Crippen molar-refractivity contribution in [2.75, 3.05) is 0 Å². The number of hydrogen-bond donors (Lipinski definition) is 0. The fourth-order valence-corrected chi connectivity index (χ4v) is 3.33. The number of nitrogens with zero attached hydrogens (tertiary/aromatic N) is 4. The van der Waals surface area contributed by atoms with Crippen LogP contribution in [0.2, 0.25) is 0 Å². The molecule has 6 nitrogen and oxygen atoms in total. The third-order valence-corrected chi connectivity index (χ3v) is 5.08. The first-order valence-electron chi connectivity index (χ1n) is 9.79. The molecule has 3 rings (SSSR count). The summed E-state index contributed by atoms with van der Waals surface area (Å²) in [6.45, 7) is -2.61. The van der Waals surface area contributed by atoms with Gasteiger partial charge in [0.2, 0.25) is 0 Å². The lowest BCUT2D eigenvalue weighted by Crippen LogP contribution is -2.43. The van der Waals surface area contributed by atoms with E-state index in [1.165, 1.54) is 0 Å². The van der Waals surface area contributed by atoms with Crippen molar-refractivity contribution in [1.82, 2.24) is 19.6 Å². The molecule has 2 aromatic carbocycles. The summed E-state index contributed by atoms with van der Waals surface area (Å²) in [7, 11) is 0. The van der Waals surface area contributed by atoms with E-state index in [1.54, 1.807) is 0 Å². The van der Waals surface area contributed by atoms with Crippen molar-refractivity contribution < 1.29 is 52.7 Å². The van der Waals surface area contributed by atoms with Gasteiger partial charge in [-0.1, -0.05) is 22.3 Å². The number of hydrogen-bond acceptors (Lipinski definition) is 4. The average molecular weight is 566 g/mol. The van der Waals surface area contributed by atoms with E-state index >= 15 is 0 Å². The van der Waals surface area contributed by atoms with Crippen LogP contribution >= 0.6 is 0 Å². The smallest absolute Gasteiger partial charge is 0.242 e. The summed E-state index contributed by atoms with van der Waals surface area (Å²) >= 11 is 0. The van der Waals surface area contributed by atoms with Crippen LogP contribution in [0.15, 0.2) is 46.0 Å². The summed E-state index contributed by atoms with van der Waals surface area (Å²) in [6.07, 6.45) is -21.2. The van der Waals surface area contributed by atoms with Crippen LogP contribution in [-0.2, 0) is 37.8 Å². The third kappa shape index (κ3) is 6.16. The lowest BCUT2D eigenvalue weighted by atomic mass is 10.0. The molecule has 0 aliphatic carbocycles. The Hall–Kier alpha value is -3.86. The van der Waals surface area contributed by atoms with Gasteiger partial charge in [0.05, 0.1) is 35.3 Å². The van der Waals surface area contributed by atoms with Crippen LogP contribution in [0, 0.1) is 0 Å². The molecule has 0 bridgehead atoms. The summed E-state index contributed by atoms with van der Waals surface area (Å²) in [4.78, 5) is 24.5. The Morgan fingerprint density at radius 1 is 0.526 bits per heavy atom. The Morgan fingerprint density at radius 3 is 1.11 bits per heavy atom. The van der Waals surface area contributed by atoms with Crippen molar-refractivity contribution in [2.45, 2.75) is 37.8 Å². The highest BCUT2D eigenvalue weighted by atomic mass is 19.4. The summed E-state index contributed by atoms with van der Waals surface area (Å²) in [5.74, 6) is 0. The van der Waals surface area contributed by atoms with E-state index in [4.69, 9.17) is 0 Å². The number of rotatable bonds is 4. The van der Waals surface area contributed by atoms with Crippen LogP contribution in [-0.4, -0.2) is 19.6 Å². The van der Waals surface area contributed by atoms with Crippen molar-refractivity contribution in [1.29, 1.82) is 0 Å². The molecule has 0 aliphatic heterocycles. The van der Waals surface area contributed by atoms with Gasteiger partial charge in [0.25, 0.3) is 0 Å². The van der Waals surface area contributed by atoms with Gasteiger partial charge in [-0.3, -0.25) is 0 Å². The largest absolute Gasteiger partial charge is 0.416 e. The highest BCUT2D eigenvalue weighted by molar-refractivity contribution is 5.37. The minimum atomic E-state index is -5.40. The molecule has 1 aromatic heterocycles. The van der Waals surface area contributed by atoms with E-state index in [2.05, 4.69) is 10.2 Å². The Labute approximate surface area is 201 Å². The minimum Gasteiger partial charge on any atom is -0.242 e. The van der Waals surface area contributed by atoms with Crippen LogP contribution in [0.4, 0.5) is 52.7 Å². The normalized spacial score (nSPS) is 13.2. The Morgan fingerprint density at radius 2 is 0.842 bits per heavy atom. The minimum absolute atomic E-state index is 0.0744. The van der Waals surface area contributed by atoms with E-state index in [9.17, 15) is 62.3 Å². The van der Waals surface area contributed by atoms with Gasteiger partial charge in [-0.05, 0) is 35.4 Å². The van der Waals surface area contributed by atoms with Gasteiger partial charge in [-0.25, -0.2) is 19.0 Å². The molecule has 0 atom stereocenters. The molecular formula is C20H10F12N4O2. The van der Waals surface area contributed by atoms with Gasteiger partial charge in [0.1, 0.15) is 0 Å². The summed E-state index contributed by atoms with van der Waals surface area (Å²) in [6, 6.07) is 0.623. The molecule has 0 aliphatic rings. The van der Waals surface area contributed by atoms with Crippen LogP contribution in [0.3, 0.4) is 0 Å². The highest BCUT2D eigenvalue weighted by Gasteiger charge is 2.40. The molecule has 38 heavy (non-hydrogen) atoms. The molecule has 206 valence electrons. The van der Waals surface area contributed by atoms with Crippen molar-refractivity contribution in [3.05, 3.63) is 90.7 Å². The molecule has 0 N–H and O–H groups in total. The molecule has 3 aromatic rings. The standard InChI is InChI=1S/C20H10F12N4O2/c21-17(22,23)11-3-1-9(13(5-11)19(27,28)29)7-35-15(37)33-34-16(38)36(35)8-10-2-4-12(18(24,25)26)6-14(10)20(30,31)32/h1-6H,7-8H2. The maximum absolute atomic E-state index is 13.5. The van der Waals surface area contributed by atoms with Gasteiger partial charge in [-0.15, -0.1) is 0 Å². The first-order chi connectivity index (χ1) is 17.2. The molecule has 0 fully saturated rings. The van der Waals surface area contributed by atoms with Crippen LogP contribution in [0.5, 0.6) is 0 Å². The zero-order chi connectivity index (χ0) is 28.8. The molecule has 0 saturated heterocycles. The zero-order valence-corrected chi connectivity index (χ0v) is 18.0. The van der Waals surface area contributed by atoms with Crippen molar-refractivity contribution in [3.8, 4) is 0 Å².